The smallest absolute Gasteiger partial charge is 0.204 e. The number of hydrogen-bond acceptors (Lipinski definition) is 6. The van der Waals surface area contributed by atoms with Crippen LogP contribution in [0.15, 0.2) is 59.3 Å². The lowest BCUT2D eigenvalue weighted by Crippen LogP contribution is -2.37. The first-order valence-corrected chi connectivity index (χ1v) is 10.3. The summed E-state index contributed by atoms with van der Waals surface area (Å²) >= 11 is 3.67. The normalized spacial score (nSPS) is 17.3. The van der Waals surface area contributed by atoms with Crippen LogP contribution in [0, 0.1) is 0 Å². The van der Waals surface area contributed by atoms with Gasteiger partial charge in [-0.1, -0.05) is 36.4 Å². The van der Waals surface area contributed by atoms with E-state index < -0.39 is 0 Å². The number of thiophene rings is 2. The molecule has 4 aromatic rings. The first kappa shape index (κ1) is 15.9. The zero-order valence-corrected chi connectivity index (χ0v) is 15.7. The molecule has 1 atom stereocenters. The van der Waals surface area contributed by atoms with Gasteiger partial charge < -0.3 is 0 Å². The molecular formula is C19H17N5S2. The van der Waals surface area contributed by atoms with Gasteiger partial charge in [-0.3, -0.25) is 4.90 Å². The molecule has 0 N–H and O–H groups in total. The van der Waals surface area contributed by atoms with Crippen molar-refractivity contribution in [3.63, 3.8) is 0 Å². The molecule has 0 amide bonds. The van der Waals surface area contributed by atoms with Crippen LogP contribution >= 0.6 is 22.7 Å². The van der Waals surface area contributed by atoms with E-state index in [4.69, 9.17) is 0 Å². The van der Waals surface area contributed by atoms with Crippen LogP contribution in [-0.2, 0) is 13.1 Å². The van der Waals surface area contributed by atoms with Crippen LogP contribution in [0.2, 0.25) is 0 Å². The maximum atomic E-state index is 4.59. The van der Waals surface area contributed by atoms with Crippen molar-refractivity contribution in [3.05, 3.63) is 74.6 Å². The first-order chi connectivity index (χ1) is 12.9. The van der Waals surface area contributed by atoms with Crippen LogP contribution in [0.4, 0.5) is 0 Å². The summed E-state index contributed by atoms with van der Waals surface area (Å²) in [5, 5.41) is 17.5. The highest BCUT2D eigenvalue weighted by atomic mass is 32.1. The van der Waals surface area contributed by atoms with Gasteiger partial charge in [0.1, 0.15) is 6.67 Å². The largest absolute Gasteiger partial charge is 0.270 e. The van der Waals surface area contributed by atoms with Crippen molar-refractivity contribution in [1.29, 1.82) is 0 Å². The third kappa shape index (κ3) is 2.88. The standard InChI is InChI=1S/C19H17N5S2/c1-2-5-14(6-3-1)19-20-22-24(21-19)13-23-10-8-16-15(9-12-26-16)18(23)17-7-4-11-25-17/h1-7,9,11-12,18H,8,10,13H2/t18-/m0/s1. The second kappa shape index (κ2) is 6.75. The first-order valence-electron chi connectivity index (χ1n) is 8.55. The number of nitrogens with zero attached hydrogens (tertiary/aromatic N) is 5. The SMILES string of the molecule is c1ccc(-c2nnn(CN3CCc4sccc4[C@H]3c3cccs3)n2)cc1. The number of rotatable bonds is 4. The number of aromatic nitrogens is 4. The van der Waals surface area contributed by atoms with E-state index in [9.17, 15) is 0 Å². The van der Waals surface area contributed by atoms with Crippen molar-refractivity contribution in [2.45, 2.75) is 19.1 Å². The highest BCUT2D eigenvalue weighted by molar-refractivity contribution is 7.10. The minimum atomic E-state index is 0.274. The van der Waals surface area contributed by atoms with Crippen molar-refractivity contribution >= 4 is 22.7 Å². The summed E-state index contributed by atoms with van der Waals surface area (Å²) in [6, 6.07) is 16.9. The highest BCUT2D eigenvalue weighted by Gasteiger charge is 2.30. The molecule has 0 spiro atoms. The molecule has 0 radical (unpaired) electrons. The van der Waals surface area contributed by atoms with Gasteiger partial charge in [0, 0.05) is 21.9 Å². The average molecular weight is 380 g/mol. The Labute approximate surface area is 159 Å². The molecule has 1 aromatic carbocycles. The van der Waals surface area contributed by atoms with Gasteiger partial charge in [0.05, 0.1) is 6.04 Å². The second-order valence-corrected chi connectivity index (χ2v) is 8.25. The van der Waals surface area contributed by atoms with Crippen LogP contribution < -0.4 is 0 Å². The fourth-order valence-corrected chi connectivity index (χ4v) is 5.25. The third-order valence-electron chi connectivity index (χ3n) is 4.67. The molecule has 4 heterocycles. The second-order valence-electron chi connectivity index (χ2n) is 6.27. The lowest BCUT2D eigenvalue weighted by atomic mass is 9.99. The Morgan fingerprint density at radius 1 is 1.00 bits per heavy atom. The van der Waals surface area contributed by atoms with Gasteiger partial charge in [-0.2, -0.15) is 0 Å². The van der Waals surface area contributed by atoms with E-state index in [1.807, 2.05) is 53.0 Å². The fourth-order valence-electron chi connectivity index (χ4n) is 3.47. The van der Waals surface area contributed by atoms with Crippen molar-refractivity contribution in [2.75, 3.05) is 6.54 Å². The molecule has 5 rings (SSSR count). The van der Waals surface area contributed by atoms with Crippen molar-refractivity contribution in [2.24, 2.45) is 0 Å². The van der Waals surface area contributed by atoms with Crippen LogP contribution in [0.5, 0.6) is 0 Å². The Kier molecular flexibility index (Phi) is 4.12. The summed E-state index contributed by atoms with van der Waals surface area (Å²) in [5.74, 6) is 0.673. The van der Waals surface area contributed by atoms with E-state index in [-0.39, 0.29) is 6.04 Å². The van der Waals surface area contributed by atoms with Crippen molar-refractivity contribution in [1.82, 2.24) is 25.1 Å². The van der Waals surface area contributed by atoms with Gasteiger partial charge >= 0.3 is 0 Å². The molecule has 0 saturated heterocycles. The molecule has 0 aliphatic carbocycles. The summed E-state index contributed by atoms with van der Waals surface area (Å²) in [6.07, 6.45) is 1.08. The Morgan fingerprint density at radius 2 is 1.92 bits per heavy atom. The Hall–Kier alpha value is -2.35. The zero-order chi connectivity index (χ0) is 17.3. The molecule has 7 heteroatoms. The number of benzene rings is 1. The lowest BCUT2D eigenvalue weighted by Gasteiger charge is -2.34. The average Bonchev–Trinajstić information content (AvgIpc) is 3.44. The van der Waals surface area contributed by atoms with E-state index in [1.165, 1.54) is 15.3 Å². The summed E-state index contributed by atoms with van der Waals surface area (Å²) in [4.78, 5) is 7.02. The minimum Gasteiger partial charge on any atom is -0.270 e. The topological polar surface area (TPSA) is 46.8 Å². The summed E-state index contributed by atoms with van der Waals surface area (Å²) in [5.41, 5.74) is 2.42. The molecule has 0 fully saturated rings. The molecule has 0 saturated carbocycles. The molecule has 0 bridgehead atoms. The van der Waals surface area contributed by atoms with Gasteiger partial charge in [-0.25, -0.2) is 0 Å². The van der Waals surface area contributed by atoms with Crippen molar-refractivity contribution in [3.8, 4) is 11.4 Å². The molecule has 3 aromatic heterocycles. The van der Waals surface area contributed by atoms with E-state index in [0.717, 1.165) is 18.5 Å². The Bertz CT molecular complexity index is 990. The predicted molar refractivity (Wildman–Crippen MR) is 104 cm³/mol. The fraction of sp³-hybridized carbons (Fsp3) is 0.211. The molecule has 1 aliphatic rings. The summed E-state index contributed by atoms with van der Waals surface area (Å²) in [6.45, 7) is 1.63. The van der Waals surface area contributed by atoms with Crippen LogP contribution in [-0.4, -0.2) is 31.7 Å². The van der Waals surface area contributed by atoms with E-state index in [2.05, 4.69) is 49.3 Å². The highest BCUT2D eigenvalue weighted by Crippen LogP contribution is 2.39. The maximum absolute atomic E-state index is 4.59. The van der Waals surface area contributed by atoms with Crippen LogP contribution in [0.25, 0.3) is 11.4 Å². The minimum absolute atomic E-state index is 0.274. The van der Waals surface area contributed by atoms with Crippen LogP contribution in [0.1, 0.15) is 21.4 Å². The van der Waals surface area contributed by atoms with Gasteiger partial charge in [0.25, 0.3) is 0 Å². The van der Waals surface area contributed by atoms with E-state index in [1.54, 1.807) is 4.80 Å². The quantitative estimate of drug-likeness (QED) is 0.536. The number of hydrogen-bond donors (Lipinski definition) is 0. The molecule has 0 unspecified atom stereocenters. The number of tetrazole rings is 1. The monoisotopic (exact) mass is 379 g/mol. The molecule has 1 aliphatic heterocycles. The molecule has 26 heavy (non-hydrogen) atoms. The zero-order valence-electron chi connectivity index (χ0n) is 14.0. The predicted octanol–water partition coefficient (Wildman–Crippen LogP) is 4.07. The van der Waals surface area contributed by atoms with E-state index >= 15 is 0 Å². The Balaban J connectivity index is 1.44. The molecule has 5 nitrogen and oxygen atoms in total. The van der Waals surface area contributed by atoms with E-state index in [0.29, 0.717) is 12.5 Å². The lowest BCUT2D eigenvalue weighted by molar-refractivity contribution is 0.148. The molecule has 130 valence electrons. The maximum Gasteiger partial charge on any atom is 0.204 e. The molecular weight excluding hydrogens is 362 g/mol. The number of fused-ring (bicyclic) bond motifs is 1. The van der Waals surface area contributed by atoms with Crippen molar-refractivity contribution < 1.29 is 0 Å². The van der Waals surface area contributed by atoms with Gasteiger partial charge in [0.2, 0.25) is 5.82 Å². The Morgan fingerprint density at radius 3 is 2.77 bits per heavy atom. The van der Waals surface area contributed by atoms with Crippen LogP contribution in [0.3, 0.4) is 0 Å². The van der Waals surface area contributed by atoms with Gasteiger partial charge in [-0.05, 0) is 40.1 Å². The summed E-state index contributed by atoms with van der Waals surface area (Å²) < 4.78 is 0. The third-order valence-corrected chi connectivity index (χ3v) is 6.59. The summed E-state index contributed by atoms with van der Waals surface area (Å²) in [7, 11) is 0. The van der Waals surface area contributed by atoms with Gasteiger partial charge in [-0.15, -0.1) is 37.7 Å². The van der Waals surface area contributed by atoms with Gasteiger partial charge in [0.15, 0.2) is 0 Å².